The van der Waals surface area contributed by atoms with Crippen molar-refractivity contribution in [2.75, 3.05) is 7.11 Å². The number of methoxy groups -OCH3 is 1. The molecule has 4 heteroatoms. The van der Waals surface area contributed by atoms with E-state index in [-0.39, 0.29) is 11.6 Å². The summed E-state index contributed by atoms with van der Waals surface area (Å²) in [6.07, 6.45) is 0. The van der Waals surface area contributed by atoms with Crippen LogP contribution in [0.3, 0.4) is 0 Å². The first-order valence-electron chi connectivity index (χ1n) is 5.70. The Morgan fingerprint density at radius 2 is 1.79 bits per heavy atom. The van der Waals surface area contributed by atoms with Crippen molar-refractivity contribution in [2.45, 2.75) is 5.38 Å². The summed E-state index contributed by atoms with van der Waals surface area (Å²) in [7, 11) is 1.49. The number of ketones is 1. The van der Waals surface area contributed by atoms with Crippen LogP contribution in [0.4, 0.5) is 4.39 Å². The minimum atomic E-state index is -0.864. The molecule has 0 spiro atoms. The van der Waals surface area contributed by atoms with Gasteiger partial charge in [-0.15, -0.1) is 11.6 Å². The zero-order valence-electron chi connectivity index (χ0n) is 10.3. The molecular formula is C15H12ClFO2. The number of para-hydroxylation sites is 1. The first-order valence-corrected chi connectivity index (χ1v) is 6.14. The molecule has 2 aromatic carbocycles. The number of halogens is 2. The second-order valence-electron chi connectivity index (χ2n) is 3.98. The van der Waals surface area contributed by atoms with Crippen LogP contribution in [-0.4, -0.2) is 12.9 Å². The molecule has 0 aliphatic rings. The number of hydrogen-bond acceptors (Lipinski definition) is 2. The van der Waals surface area contributed by atoms with Crippen LogP contribution in [0, 0.1) is 5.82 Å². The third-order valence-electron chi connectivity index (χ3n) is 2.77. The zero-order chi connectivity index (χ0) is 13.8. The molecule has 0 aromatic heterocycles. The average Bonchev–Trinajstić information content (AvgIpc) is 2.46. The standard InChI is InChI=1S/C15H12ClFO2/c1-19-13-5-3-2-4-12(13)15(18)14(16)10-6-8-11(17)9-7-10/h2-9,14H,1H3. The predicted octanol–water partition coefficient (Wildman–Crippen LogP) is 4.00. The molecule has 2 aromatic rings. The van der Waals surface area contributed by atoms with Crippen LogP contribution >= 0.6 is 11.6 Å². The van der Waals surface area contributed by atoms with Gasteiger partial charge in [0, 0.05) is 0 Å². The molecule has 2 nitrogen and oxygen atoms in total. The number of hydrogen-bond donors (Lipinski definition) is 0. The number of carbonyl (C=O) groups is 1. The average molecular weight is 279 g/mol. The number of Topliss-reactive ketones (excluding diaryl/α,β-unsaturated/α-hetero) is 1. The van der Waals surface area contributed by atoms with Crippen molar-refractivity contribution < 1.29 is 13.9 Å². The number of rotatable bonds is 4. The molecule has 0 N–H and O–H groups in total. The number of carbonyl (C=O) groups excluding carboxylic acids is 1. The second-order valence-corrected chi connectivity index (χ2v) is 4.42. The van der Waals surface area contributed by atoms with E-state index in [0.717, 1.165) is 0 Å². The van der Waals surface area contributed by atoms with Gasteiger partial charge < -0.3 is 4.74 Å². The fourth-order valence-corrected chi connectivity index (χ4v) is 2.03. The normalized spacial score (nSPS) is 11.9. The van der Waals surface area contributed by atoms with Crippen molar-refractivity contribution in [1.29, 1.82) is 0 Å². The lowest BCUT2D eigenvalue weighted by atomic mass is 10.0. The smallest absolute Gasteiger partial charge is 0.188 e. The molecule has 98 valence electrons. The summed E-state index contributed by atoms with van der Waals surface area (Å²) in [5, 5.41) is -0.864. The van der Waals surface area contributed by atoms with E-state index in [1.807, 2.05) is 0 Å². The Kier molecular flexibility index (Phi) is 4.17. The second kappa shape index (κ2) is 5.85. The molecule has 0 heterocycles. The van der Waals surface area contributed by atoms with E-state index in [0.29, 0.717) is 16.9 Å². The highest BCUT2D eigenvalue weighted by molar-refractivity contribution is 6.34. The summed E-state index contributed by atoms with van der Waals surface area (Å²) in [5.74, 6) is -0.164. The van der Waals surface area contributed by atoms with Crippen LogP contribution in [0.5, 0.6) is 5.75 Å². The summed E-state index contributed by atoms with van der Waals surface area (Å²) in [6.45, 7) is 0. The lowest BCUT2D eigenvalue weighted by molar-refractivity contribution is 0.0984. The molecule has 0 saturated heterocycles. The fourth-order valence-electron chi connectivity index (χ4n) is 1.77. The summed E-state index contributed by atoms with van der Waals surface area (Å²) in [4.78, 5) is 12.3. The van der Waals surface area contributed by atoms with Gasteiger partial charge in [0.15, 0.2) is 5.78 Å². The molecule has 1 atom stereocenters. The van der Waals surface area contributed by atoms with Crippen LogP contribution in [0.15, 0.2) is 48.5 Å². The highest BCUT2D eigenvalue weighted by Crippen LogP contribution is 2.29. The number of benzene rings is 2. The maximum absolute atomic E-state index is 12.8. The Morgan fingerprint density at radius 3 is 2.42 bits per heavy atom. The Hall–Kier alpha value is -1.87. The van der Waals surface area contributed by atoms with E-state index in [4.69, 9.17) is 16.3 Å². The minimum Gasteiger partial charge on any atom is -0.496 e. The van der Waals surface area contributed by atoms with Crippen LogP contribution in [0.1, 0.15) is 21.3 Å². The van der Waals surface area contributed by atoms with Crippen LogP contribution in [0.2, 0.25) is 0 Å². The van der Waals surface area contributed by atoms with Crippen molar-refractivity contribution in [3.63, 3.8) is 0 Å². The summed E-state index contributed by atoms with van der Waals surface area (Å²) in [5.41, 5.74) is 0.966. The highest BCUT2D eigenvalue weighted by Gasteiger charge is 2.22. The fraction of sp³-hybridized carbons (Fsp3) is 0.133. The van der Waals surface area contributed by atoms with Crippen LogP contribution in [-0.2, 0) is 0 Å². The van der Waals surface area contributed by atoms with Crippen molar-refractivity contribution in [3.8, 4) is 5.75 Å². The SMILES string of the molecule is COc1ccccc1C(=O)C(Cl)c1ccc(F)cc1. The van der Waals surface area contributed by atoms with Crippen molar-refractivity contribution >= 4 is 17.4 Å². The van der Waals surface area contributed by atoms with Gasteiger partial charge in [0.1, 0.15) is 16.9 Å². The van der Waals surface area contributed by atoms with Gasteiger partial charge in [-0.2, -0.15) is 0 Å². The van der Waals surface area contributed by atoms with E-state index >= 15 is 0 Å². The van der Waals surface area contributed by atoms with Gasteiger partial charge in [0.2, 0.25) is 0 Å². The molecule has 0 amide bonds. The molecule has 2 rings (SSSR count). The van der Waals surface area contributed by atoms with Gasteiger partial charge in [0.25, 0.3) is 0 Å². The van der Waals surface area contributed by atoms with Gasteiger partial charge >= 0.3 is 0 Å². The van der Waals surface area contributed by atoms with E-state index in [9.17, 15) is 9.18 Å². The van der Waals surface area contributed by atoms with Crippen LogP contribution < -0.4 is 4.74 Å². The summed E-state index contributed by atoms with van der Waals surface area (Å²) >= 11 is 6.14. The number of alkyl halides is 1. The zero-order valence-corrected chi connectivity index (χ0v) is 11.0. The predicted molar refractivity (Wildman–Crippen MR) is 72.3 cm³/mol. The lowest BCUT2D eigenvalue weighted by Gasteiger charge is -2.11. The Balaban J connectivity index is 2.30. The van der Waals surface area contributed by atoms with E-state index in [1.165, 1.54) is 31.4 Å². The summed E-state index contributed by atoms with van der Waals surface area (Å²) in [6, 6.07) is 12.4. The Labute approximate surface area is 115 Å². The molecule has 19 heavy (non-hydrogen) atoms. The van der Waals surface area contributed by atoms with Crippen molar-refractivity contribution in [1.82, 2.24) is 0 Å². The molecule has 1 unspecified atom stereocenters. The third-order valence-corrected chi connectivity index (χ3v) is 3.22. The van der Waals surface area contributed by atoms with E-state index in [2.05, 4.69) is 0 Å². The number of ether oxygens (including phenoxy) is 1. The van der Waals surface area contributed by atoms with Crippen molar-refractivity contribution in [3.05, 3.63) is 65.5 Å². The lowest BCUT2D eigenvalue weighted by Crippen LogP contribution is -2.09. The molecule has 0 fully saturated rings. The minimum absolute atomic E-state index is 0.272. The molecule has 0 aliphatic carbocycles. The van der Waals surface area contributed by atoms with Gasteiger partial charge in [-0.05, 0) is 29.8 Å². The quantitative estimate of drug-likeness (QED) is 0.624. The Bertz CT molecular complexity index is 581. The summed E-state index contributed by atoms with van der Waals surface area (Å²) < 4.78 is 18.0. The molecule has 0 saturated carbocycles. The monoisotopic (exact) mass is 278 g/mol. The molecule has 0 bridgehead atoms. The first kappa shape index (κ1) is 13.6. The van der Waals surface area contributed by atoms with Gasteiger partial charge in [-0.1, -0.05) is 24.3 Å². The highest BCUT2D eigenvalue weighted by atomic mass is 35.5. The Morgan fingerprint density at radius 1 is 1.16 bits per heavy atom. The maximum atomic E-state index is 12.8. The largest absolute Gasteiger partial charge is 0.496 e. The van der Waals surface area contributed by atoms with E-state index < -0.39 is 5.38 Å². The van der Waals surface area contributed by atoms with Crippen molar-refractivity contribution in [2.24, 2.45) is 0 Å². The van der Waals surface area contributed by atoms with Crippen LogP contribution in [0.25, 0.3) is 0 Å². The first-order chi connectivity index (χ1) is 9.13. The topological polar surface area (TPSA) is 26.3 Å². The molecule has 0 aliphatic heterocycles. The van der Waals surface area contributed by atoms with E-state index in [1.54, 1.807) is 24.3 Å². The molecule has 0 radical (unpaired) electrons. The van der Waals surface area contributed by atoms with Gasteiger partial charge in [-0.3, -0.25) is 4.79 Å². The maximum Gasteiger partial charge on any atom is 0.188 e. The third kappa shape index (κ3) is 2.93. The van der Waals surface area contributed by atoms with Gasteiger partial charge in [0.05, 0.1) is 12.7 Å². The van der Waals surface area contributed by atoms with Gasteiger partial charge in [-0.25, -0.2) is 4.39 Å². The molecular weight excluding hydrogens is 267 g/mol.